The molecule has 38 valence electrons. The van der Waals surface area contributed by atoms with Gasteiger partial charge < -0.3 is 9.79 Å². The minimum Gasteiger partial charge on any atom is 0 e. The molecule has 0 saturated carbocycles. The monoisotopic (exact) mass is 226 g/mol. The van der Waals surface area contributed by atoms with Crippen molar-refractivity contribution in [1.29, 1.82) is 0 Å². The predicted octanol–water partition coefficient (Wildman–Crippen LogP) is -2.21. The molecule has 0 aromatic heterocycles. The molecule has 0 aliphatic heterocycles. The zero-order chi connectivity index (χ0) is 4.50. The topological polar surface area (TPSA) is 57.5 Å². The molecule has 3 nitrogen and oxygen atoms in total. The van der Waals surface area contributed by atoms with Crippen LogP contribution in [0, 0.1) is 0 Å². The molecule has 0 bridgehead atoms. The summed E-state index contributed by atoms with van der Waals surface area (Å²) in [5.74, 6) is 0. The van der Waals surface area contributed by atoms with Crippen LogP contribution in [0.5, 0.6) is 0 Å². The molecule has 0 fully saturated rings. The predicted molar refractivity (Wildman–Crippen MR) is 29.1 cm³/mol. The first-order chi connectivity index (χ1) is 2.00. The molecule has 0 aromatic carbocycles. The maximum atomic E-state index is 9.39. The maximum Gasteiger partial charge on any atom is 0 e. The van der Waals surface area contributed by atoms with Crippen LogP contribution in [0.1, 0.15) is 0 Å². The van der Waals surface area contributed by atoms with E-state index in [0.717, 1.165) is 0 Å². The maximum absolute atomic E-state index is 9.39. The third kappa shape index (κ3) is 63.7. The van der Waals surface area contributed by atoms with E-state index in [1.54, 1.807) is 0 Å². The Bertz CT molecular complexity index is 61.1. The van der Waals surface area contributed by atoms with Gasteiger partial charge in [-0.1, -0.05) is 0 Å². The average molecular weight is 227 g/mol. The first-order valence-corrected chi connectivity index (χ1v) is 5.77. The molecule has 0 amide bonds. The molecular formula is H6NaO3PSiZr. The van der Waals surface area contributed by atoms with Crippen LogP contribution in [0.25, 0.3) is 0 Å². The van der Waals surface area contributed by atoms with Gasteiger partial charge in [0, 0.05) is 26.2 Å². The second-order valence-corrected chi connectivity index (χ2v) is 6.00. The average Bonchev–Trinajstić information content (AvgIpc) is 0.722. The summed E-state index contributed by atoms with van der Waals surface area (Å²) in [5, 5.41) is 0. The summed E-state index contributed by atoms with van der Waals surface area (Å²) in [6.07, 6.45) is 0. The van der Waals surface area contributed by atoms with Crippen molar-refractivity contribution in [3.63, 3.8) is 0 Å². The van der Waals surface area contributed by atoms with Gasteiger partial charge in [0.1, 0.15) is 9.91 Å². The Labute approximate surface area is 86.1 Å². The molecule has 0 atom stereocenters. The van der Waals surface area contributed by atoms with E-state index in [-0.39, 0.29) is 65.7 Å². The molecule has 0 spiro atoms. The summed E-state index contributed by atoms with van der Waals surface area (Å²) in [6.45, 7) is 0. The quantitative estimate of drug-likeness (QED) is 0.364. The molecule has 7 heteroatoms. The van der Waals surface area contributed by atoms with Crippen LogP contribution in [0.2, 0.25) is 0 Å². The molecule has 0 aliphatic rings. The van der Waals surface area contributed by atoms with Gasteiger partial charge >= 0.3 is 29.6 Å². The van der Waals surface area contributed by atoms with Crippen molar-refractivity contribution in [3.8, 4) is 0 Å². The fourth-order valence-electron chi connectivity index (χ4n) is 0. The molecule has 0 aliphatic carbocycles. The summed E-state index contributed by atoms with van der Waals surface area (Å²) in [7, 11) is -3.53. The van der Waals surface area contributed by atoms with Gasteiger partial charge in [0.2, 0.25) is 0 Å². The van der Waals surface area contributed by atoms with Crippen LogP contribution in [0.15, 0.2) is 0 Å². The zero-order valence-corrected chi connectivity index (χ0v) is 8.60. The Morgan fingerprint density at radius 3 is 1.43 bits per heavy atom. The van der Waals surface area contributed by atoms with Crippen molar-refractivity contribution in [2.75, 3.05) is 0 Å². The second-order valence-electron chi connectivity index (χ2n) is 0.835. The van der Waals surface area contributed by atoms with Crippen molar-refractivity contribution >= 4 is 46.6 Å². The number of rotatable bonds is 0. The molecule has 7 heavy (non-hydrogen) atoms. The third-order valence-electron chi connectivity index (χ3n) is 0. The smallest absolute Gasteiger partial charge is 0 e. The van der Waals surface area contributed by atoms with Crippen LogP contribution in [-0.4, -0.2) is 49.3 Å². The Balaban J connectivity index is -0.0000000800. The second kappa shape index (κ2) is 6.37. The fraction of sp³-hybridized carbons (Fsp3) is 0. The van der Waals surface area contributed by atoms with Crippen molar-refractivity contribution in [2.24, 2.45) is 0 Å². The summed E-state index contributed by atoms with van der Waals surface area (Å²) in [5.41, 5.74) is 0. The van der Waals surface area contributed by atoms with E-state index < -0.39 is 7.14 Å². The van der Waals surface area contributed by atoms with E-state index in [1.807, 2.05) is 0 Å². The van der Waals surface area contributed by atoms with Crippen LogP contribution in [0.4, 0.5) is 0 Å². The SMILES string of the molecule is O=P(O)(O)[SiH3].[NaH].[Zr]. The van der Waals surface area contributed by atoms with Crippen LogP contribution >= 0.6 is 7.14 Å². The minimum absolute atomic E-state index is 0. The van der Waals surface area contributed by atoms with E-state index in [1.165, 1.54) is 0 Å². The summed E-state index contributed by atoms with van der Waals surface area (Å²) in [4.78, 5) is 15.4. The Hall–Kier alpha value is 2.25. The molecular weight excluding hydrogens is 221 g/mol. The molecule has 0 radical (unpaired) electrons. The van der Waals surface area contributed by atoms with Crippen LogP contribution in [0.3, 0.4) is 0 Å². The summed E-state index contributed by atoms with van der Waals surface area (Å²) < 4.78 is 9.39. The summed E-state index contributed by atoms with van der Waals surface area (Å²) >= 11 is 0. The van der Waals surface area contributed by atoms with Gasteiger partial charge in [0.15, 0.2) is 0 Å². The Kier molecular flexibility index (Phi) is 14.7. The first-order valence-electron chi connectivity index (χ1n) is 1.03. The van der Waals surface area contributed by atoms with E-state index in [9.17, 15) is 4.57 Å². The van der Waals surface area contributed by atoms with E-state index in [2.05, 4.69) is 0 Å². The molecule has 2 N–H and O–H groups in total. The van der Waals surface area contributed by atoms with Gasteiger partial charge in [0.05, 0.1) is 0 Å². The largest absolute Gasteiger partial charge is 0 e. The Morgan fingerprint density at radius 2 is 1.43 bits per heavy atom. The first kappa shape index (κ1) is 16.1. The summed E-state index contributed by atoms with van der Waals surface area (Å²) in [6, 6.07) is 0. The van der Waals surface area contributed by atoms with Crippen molar-refractivity contribution in [1.82, 2.24) is 0 Å². The number of hydrogen-bond donors (Lipinski definition) is 2. The van der Waals surface area contributed by atoms with Crippen molar-refractivity contribution in [2.45, 2.75) is 0 Å². The number of hydrogen-bond acceptors (Lipinski definition) is 1. The van der Waals surface area contributed by atoms with Crippen molar-refractivity contribution < 1.29 is 40.6 Å². The van der Waals surface area contributed by atoms with Gasteiger partial charge in [0.25, 0.3) is 7.14 Å². The zero-order valence-electron chi connectivity index (χ0n) is 3.25. The minimum atomic E-state index is -3.50. The fourth-order valence-corrected chi connectivity index (χ4v) is 0. The molecule has 0 rings (SSSR count). The van der Waals surface area contributed by atoms with Gasteiger partial charge in [-0.05, 0) is 0 Å². The normalized spacial score (nSPS) is 8.86. The standard InChI is InChI=1S/Na.H5O3PSi.Zr.H/c;1-4(2,3)5;;/h;5H3,(H2,1,2,3);;. The van der Waals surface area contributed by atoms with E-state index in [0.29, 0.717) is 0 Å². The van der Waals surface area contributed by atoms with Crippen LogP contribution in [-0.2, 0) is 30.8 Å². The van der Waals surface area contributed by atoms with E-state index >= 15 is 0 Å². The Morgan fingerprint density at radius 1 is 1.43 bits per heavy atom. The van der Waals surface area contributed by atoms with Crippen molar-refractivity contribution in [3.05, 3.63) is 0 Å². The molecule has 0 heterocycles. The van der Waals surface area contributed by atoms with Crippen LogP contribution < -0.4 is 0 Å². The molecule has 0 unspecified atom stereocenters. The van der Waals surface area contributed by atoms with Gasteiger partial charge in [-0.15, -0.1) is 0 Å². The third-order valence-corrected chi connectivity index (χ3v) is 0. The van der Waals surface area contributed by atoms with Gasteiger partial charge in [-0.25, -0.2) is 0 Å². The van der Waals surface area contributed by atoms with E-state index in [4.69, 9.17) is 9.79 Å². The van der Waals surface area contributed by atoms with Gasteiger partial charge in [-0.2, -0.15) is 0 Å². The molecule has 0 aromatic rings. The van der Waals surface area contributed by atoms with Gasteiger partial charge in [-0.3, -0.25) is 4.57 Å². The molecule has 0 saturated heterocycles.